The number of hydrogen-bond acceptors (Lipinski definition) is 1. The molecule has 1 atom stereocenters. The van der Waals surface area contributed by atoms with Crippen LogP contribution in [0.3, 0.4) is 0 Å². The van der Waals surface area contributed by atoms with Crippen molar-refractivity contribution in [3.8, 4) is 0 Å². The Morgan fingerprint density at radius 3 is 2.70 bits per heavy atom. The maximum Gasteiger partial charge on any atom is 0.322 e. The topological polar surface area (TPSA) is 32.3 Å². The van der Waals surface area contributed by atoms with Crippen LogP contribution < -0.4 is 5.32 Å². The Bertz CT molecular complexity index is 729. The summed E-state index contributed by atoms with van der Waals surface area (Å²) in [7, 11) is 0. The number of hydrogen-bond donors (Lipinski definition) is 1. The van der Waals surface area contributed by atoms with Crippen LogP contribution in [0.25, 0.3) is 0 Å². The maximum atomic E-state index is 12.7. The second-order valence-corrected chi connectivity index (χ2v) is 6.59. The first-order valence-electron chi connectivity index (χ1n) is 7.95. The van der Waals surface area contributed by atoms with Crippen LogP contribution in [-0.2, 0) is 0 Å². The smallest absolute Gasteiger partial charge is 0.317 e. The van der Waals surface area contributed by atoms with E-state index in [0.717, 1.165) is 24.9 Å². The van der Waals surface area contributed by atoms with Gasteiger partial charge >= 0.3 is 6.03 Å². The Kier molecular flexibility index (Phi) is 4.58. The van der Waals surface area contributed by atoms with Gasteiger partial charge in [0.25, 0.3) is 0 Å². The molecular formula is C19H21ClN2O. The summed E-state index contributed by atoms with van der Waals surface area (Å²) in [4.78, 5) is 14.6. The largest absolute Gasteiger partial charge is 0.322 e. The lowest BCUT2D eigenvalue weighted by molar-refractivity contribution is 0.207. The molecule has 0 unspecified atom stereocenters. The van der Waals surface area contributed by atoms with E-state index in [-0.39, 0.29) is 12.1 Å². The molecule has 3 nitrogen and oxygen atoms in total. The maximum absolute atomic E-state index is 12.7. The number of urea groups is 1. The molecule has 3 rings (SSSR count). The highest BCUT2D eigenvalue weighted by atomic mass is 35.5. The van der Waals surface area contributed by atoms with Crippen molar-refractivity contribution >= 4 is 23.3 Å². The van der Waals surface area contributed by atoms with Crippen molar-refractivity contribution < 1.29 is 4.79 Å². The third kappa shape index (κ3) is 3.50. The molecule has 1 saturated heterocycles. The van der Waals surface area contributed by atoms with Gasteiger partial charge in [0.2, 0.25) is 0 Å². The van der Waals surface area contributed by atoms with E-state index in [2.05, 4.69) is 36.5 Å². The van der Waals surface area contributed by atoms with Gasteiger partial charge in [-0.2, -0.15) is 0 Å². The van der Waals surface area contributed by atoms with E-state index >= 15 is 0 Å². The Hall–Kier alpha value is -2.00. The second-order valence-electron chi connectivity index (χ2n) is 6.18. The summed E-state index contributed by atoms with van der Waals surface area (Å²) >= 11 is 6.22. The summed E-state index contributed by atoms with van der Waals surface area (Å²) < 4.78 is 0. The highest BCUT2D eigenvalue weighted by molar-refractivity contribution is 6.33. The second kappa shape index (κ2) is 6.63. The molecule has 1 aliphatic heterocycles. The van der Waals surface area contributed by atoms with E-state index in [1.807, 2.05) is 30.0 Å². The number of carbonyl (C=O) groups excluding carboxylic acids is 1. The molecule has 2 amide bonds. The average molecular weight is 329 g/mol. The lowest BCUT2D eigenvalue weighted by atomic mass is 10.0. The van der Waals surface area contributed by atoms with Gasteiger partial charge in [0.05, 0.1) is 16.8 Å². The van der Waals surface area contributed by atoms with Crippen molar-refractivity contribution in [3.05, 3.63) is 64.2 Å². The first-order valence-corrected chi connectivity index (χ1v) is 8.33. The molecule has 0 bridgehead atoms. The molecule has 0 radical (unpaired) electrons. The number of nitrogens with one attached hydrogen (secondary N) is 1. The summed E-state index contributed by atoms with van der Waals surface area (Å²) in [6.45, 7) is 4.83. The number of anilines is 1. The lowest BCUT2D eigenvalue weighted by Gasteiger charge is -2.26. The number of benzene rings is 2. The number of nitrogens with zero attached hydrogens (tertiary/aromatic N) is 1. The summed E-state index contributed by atoms with van der Waals surface area (Å²) in [5.41, 5.74) is 4.16. The highest BCUT2D eigenvalue weighted by Crippen LogP contribution is 2.33. The van der Waals surface area contributed by atoms with E-state index in [0.29, 0.717) is 10.7 Å². The molecule has 2 aromatic rings. The minimum atomic E-state index is -0.0836. The minimum absolute atomic E-state index is 0.0836. The number of rotatable bonds is 2. The average Bonchev–Trinajstić information content (AvgIpc) is 2.99. The normalized spacial score (nSPS) is 17.3. The van der Waals surface area contributed by atoms with E-state index < -0.39 is 0 Å². The van der Waals surface area contributed by atoms with E-state index in [4.69, 9.17) is 11.6 Å². The molecule has 1 fully saturated rings. The molecule has 23 heavy (non-hydrogen) atoms. The first-order chi connectivity index (χ1) is 11.0. The van der Waals surface area contributed by atoms with Gasteiger partial charge in [-0.05, 0) is 49.9 Å². The van der Waals surface area contributed by atoms with Gasteiger partial charge in [0.1, 0.15) is 0 Å². The van der Waals surface area contributed by atoms with E-state index in [1.54, 1.807) is 0 Å². The third-order valence-electron chi connectivity index (χ3n) is 4.31. The van der Waals surface area contributed by atoms with Crippen LogP contribution in [0, 0.1) is 13.8 Å². The SMILES string of the molecule is Cc1cccc([C@H]2CCCN2C(=O)Nc2ccc(C)cc2Cl)c1. The molecular weight excluding hydrogens is 308 g/mol. The summed E-state index contributed by atoms with van der Waals surface area (Å²) in [6, 6.07) is 14.1. The zero-order valence-electron chi connectivity index (χ0n) is 13.5. The van der Waals surface area contributed by atoms with Crippen LogP contribution in [0.2, 0.25) is 5.02 Å². The number of halogens is 1. The summed E-state index contributed by atoms with van der Waals surface area (Å²) in [5, 5.41) is 3.52. The quantitative estimate of drug-likeness (QED) is 0.794. The Balaban J connectivity index is 1.78. The molecule has 1 aliphatic rings. The van der Waals surface area contributed by atoms with Gasteiger partial charge < -0.3 is 10.2 Å². The van der Waals surface area contributed by atoms with Gasteiger partial charge in [-0.15, -0.1) is 0 Å². The van der Waals surface area contributed by atoms with Crippen molar-refractivity contribution in [1.82, 2.24) is 4.90 Å². The van der Waals surface area contributed by atoms with Crippen molar-refractivity contribution in [2.24, 2.45) is 0 Å². The van der Waals surface area contributed by atoms with Gasteiger partial charge in [0, 0.05) is 6.54 Å². The first kappa shape index (κ1) is 15.9. The van der Waals surface area contributed by atoms with Crippen LogP contribution in [0.15, 0.2) is 42.5 Å². The Labute approximate surface area is 142 Å². The van der Waals surface area contributed by atoms with Crippen molar-refractivity contribution in [1.29, 1.82) is 0 Å². The van der Waals surface area contributed by atoms with Crippen molar-refractivity contribution in [2.45, 2.75) is 32.7 Å². The standard InChI is InChI=1S/C19H21ClN2O/c1-13-5-3-6-15(11-13)18-7-4-10-22(18)19(23)21-17-9-8-14(2)12-16(17)20/h3,5-6,8-9,11-12,18H,4,7,10H2,1-2H3,(H,21,23)/t18-/m1/s1. The fraction of sp³-hybridized carbons (Fsp3) is 0.316. The Morgan fingerprint density at radius 2 is 1.96 bits per heavy atom. The number of amides is 2. The molecule has 0 aromatic heterocycles. The zero-order chi connectivity index (χ0) is 16.4. The van der Waals surface area contributed by atoms with Gasteiger partial charge in [0.15, 0.2) is 0 Å². The molecule has 120 valence electrons. The monoisotopic (exact) mass is 328 g/mol. The van der Waals surface area contributed by atoms with E-state index in [9.17, 15) is 4.79 Å². The van der Waals surface area contributed by atoms with Gasteiger partial charge in [-0.25, -0.2) is 4.79 Å². The van der Waals surface area contributed by atoms with Crippen LogP contribution in [-0.4, -0.2) is 17.5 Å². The molecule has 2 aromatic carbocycles. The molecule has 1 heterocycles. The highest BCUT2D eigenvalue weighted by Gasteiger charge is 2.30. The molecule has 0 spiro atoms. The molecule has 1 N–H and O–H groups in total. The number of carbonyl (C=O) groups is 1. The molecule has 4 heteroatoms. The van der Waals surface area contributed by atoms with Gasteiger partial charge in [-0.3, -0.25) is 0 Å². The summed E-state index contributed by atoms with van der Waals surface area (Å²) in [5.74, 6) is 0. The fourth-order valence-electron chi connectivity index (χ4n) is 3.14. The molecule has 0 saturated carbocycles. The van der Waals surface area contributed by atoms with Crippen LogP contribution in [0.4, 0.5) is 10.5 Å². The number of aryl methyl sites for hydroxylation is 2. The van der Waals surface area contributed by atoms with Crippen LogP contribution >= 0.6 is 11.6 Å². The zero-order valence-corrected chi connectivity index (χ0v) is 14.2. The predicted octanol–water partition coefficient (Wildman–Crippen LogP) is 5.33. The van der Waals surface area contributed by atoms with E-state index in [1.165, 1.54) is 11.1 Å². The predicted molar refractivity (Wildman–Crippen MR) is 95.1 cm³/mol. The van der Waals surface area contributed by atoms with Crippen molar-refractivity contribution in [2.75, 3.05) is 11.9 Å². The van der Waals surface area contributed by atoms with Crippen molar-refractivity contribution in [3.63, 3.8) is 0 Å². The fourth-order valence-corrected chi connectivity index (χ4v) is 3.42. The van der Waals surface area contributed by atoms with Crippen LogP contribution in [0.5, 0.6) is 0 Å². The summed E-state index contributed by atoms with van der Waals surface area (Å²) in [6.07, 6.45) is 2.02. The minimum Gasteiger partial charge on any atom is -0.317 e. The van der Waals surface area contributed by atoms with Crippen LogP contribution in [0.1, 0.15) is 35.6 Å². The van der Waals surface area contributed by atoms with Gasteiger partial charge in [-0.1, -0.05) is 47.5 Å². The number of likely N-dealkylation sites (tertiary alicyclic amines) is 1. The molecule has 0 aliphatic carbocycles. The third-order valence-corrected chi connectivity index (χ3v) is 4.62. The Morgan fingerprint density at radius 1 is 1.17 bits per heavy atom. The lowest BCUT2D eigenvalue weighted by Crippen LogP contribution is -2.34.